The Bertz CT molecular complexity index is 1330. The molecule has 12 nitrogen and oxygen atoms in total. The maximum Gasteiger partial charge on any atom is 0.348 e. The second-order valence-corrected chi connectivity index (χ2v) is 13.9. The molecule has 2 heterocycles. The first kappa shape index (κ1) is 29.7. The van der Waals surface area contributed by atoms with Crippen LogP contribution < -0.4 is 15.3 Å². The number of esters is 1. The quantitative estimate of drug-likeness (QED) is 0.283. The van der Waals surface area contributed by atoms with E-state index in [1.165, 1.54) is 23.1 Å². The number of ether oxygens (including phenoxy) is 1. The van der Waals surface area contributed by atoms with Gasteiger partial charge in [0.15, 0.2) is 5.84 Å². The number of amides is 1. The molecule has 2 atom stereocenters. The molecule has 0 spiro atoms. The molecule has 0 saturated heterocycles. The number of carbonyl (C=O) groups is 2. The van der Waals surface area contributed by atoms with Gasteiger partial charge < -0.3 is 24.6 Å². The number of rotatable bonds is 10. The maximum absolute atomic E-state index is 13.9. The molecular weight excluding hydrogens is 535 g/mol. The van der Waals surface area contributed by atoms with Crippen molar-refractivity contribution >= 4 is 51.9 Å². The molecule has 0 bridgehead atoms. The van der Waals surface area contributed by atoms with Crippen molar-refractivity contribution < 1.29 is 36.9 Å². The minimum Gasteiger partial charge on any atom is -0.509 e. The Morgan fingerprint density at radius 1 is 1.26 bits per heavy atom. The van der Waals surface area contributed by atoms with Crippen LogP contribution in [0.15, 0.2) is 34.3 Å². The molecule has 1 aromatic rings. The number of carbonyl (C=O) groups excluding carboxylic acids is 2. The van der Waals surface area contributed by atoms with E-state index in [1.807, 2.05) is 20.8 Å². The molecule has 0 saturated carbocycles. The number of nitrogens with zero attached hydrogens (tertiary/aromatic N) is 2. The summed E-state index contributed by atoms with van der Waals surface area (Å²) in [7, 11) is -7.59. The Morgan fingerprint density at radius 2 is 1.95 bits per heavy atom. The Kier molecular flexibility index (Phi) is 8.64. The van der Waals surface area contributed by atoms with Crippen LogP contribution in [0.25, 0.3) is 0 Å². The molecule has 1 aromatic carbocycles. The number of nitrogens with one attached hydrogen (secondary N) is 2. The molecule has 0 aromatic heterocycles. The standard InChI is InChI=1S/C24H35N4O8PS/c1-7-35-19(29)14-17-21(30)20(23(31)28(17)12-11-24(3,4)5)22-25-16-10-9-15(27-38(6,33)34)13-18(16)37(32,26-22)36-8-2/h9-10,13,17,27,30H,7-8,11-12,14H2,1-6H3,(H,25,26,32). The average Bonchev–Trinajstić information content (AvgIpc) is 3.00. The summed E-state index contributed by atoms with van der Waals surface area (Å²) in [6.07, 6.45) is 1.32. The normalized spacial score (nSPS) is 21.6. The van der Waals surface area contributed by atoms with Crippen molar-refractivity contribution in [2.45, 2.75) is 53.5 Å². The SMILES string of the molecule is CCOC(=O)CC1C(O)=C(C2=NP(=O)(OCC)c3cc(NS(C)(=O)=O)ccc3N2)C(=O)N1CCC(C)(C)C. The van der Waals surface area contributed by atoms with E-state index >= 15 is 0 Å². The first-order valence-corrected chi connectivity index (χ1v) is 15.7. The van der Waals surface area contributed by atoms with Crippen molar-refractivity contribution in [3.63, 3.8) is 0 Å². The van der Waals surface area contributed by atoms with Gasteiger partial charge >= 0.3 is 13.5 Å². The van der Waals surface area contributed by atoms with E-state index in [2.05, 4.69) is 14.8 Å². The topological polar surface area (TPSA) is 164 Å². The predicted octanol–water partition coefficient (Wildman–Crippen LogP) is 3.15. The molecule has 0 aliphatic carbocycles. The van der Waals surface area contributed by atoms with Gasteiger partial charge in [0.25, 0.3) is 5.91 Å². The summed E-state index contributed by atoms with van der Waals surface area (Å²) >= 11 is 0. The third-order valence-electron chi connectivity index (χ3n) is 5.82. The predicted molar refractivity (Wildman–Crippen MR) is 145 cm³/mol. The molecule has 1 amide bonds. The molecule has 0 radical (unpaired) electrons. The van der Waals surface area contributed by atoms with Crippen LogP contribution in [0.5, 0.6) is 0 Å². The second kappa shape index (κ2) is 11.1. The van der Waals surface area contributed by atoms with Gasteiger partial charge in [0.1, 0.15) is 17.4 Å². The van der Waals surface area contributed by atoms with Crippen LogP contribution in [0.4, 0.5) is 11.4 Å². The monoisotopic (exact) mass is 570 g/mol. The number of aliphatic hydroxyl groups is 1. The van der Waals surface area contributed by atoms with Gasteiger partial charge in [-0.2, -0.15) is 4.76 Å². The van der Waals surface area contributed by atoms with Crippen LogP contribution in [-0.2, 0) is 33.4 Å². The summed E-state index contributed by atoms with van der Waals surface area (Å²) in [6, 6.07) is 3.31. The van der Waals surface area contributed by atoms with E-state index in [9.17, 15) is 27.7 Å². The zero-order chi connectivity index (χ0) is 28.5. The molecule has 3 N–H and O–H groups in total. The van der Waals surface area contributed by atoms with Crippen LogP contribution >= 0.6 is 7.52 Å². The highest BCUT2D eigenvalue weighted by Gasteiger charge is 2.45. The smallest absolute Gasteiger partial charge is 0.348 e. The van der Waals surface area contributed by atoms with Crippen LogP contribution in [-0.4, -0.2) is 68.2 Å². The fraction of sp³-hybridized carbons (Fsp3) is 0.542. The fourth-order valence-electron chi connectivity index (χ4n) is 4.10. The number of hydrogen-bond acceptors (Lipinski definition) is 9. The van der Waals surface area contributed by atoms with Crippen LogP contribution in [0.2, 0.25) is 0 Å². The van der Waals surface area contributed by atoms with Gasteiger partial charge in [-0.15, -0.1) is 0 Å². The maximum atomic E-state index is 13.9. The van der Waals surface area contributed by atoms with E-state index in [0.717, 1.165) is 6.26 Å². The molecule has 38 heavy (non-hydrogen) atoms. The minimum atomic E-state index is -3.99. The molecule has 210 valence electrons. The van der Waals surface area contributed by atoms with Crippen LogP contribution in [0.3, 0.4) is 0 Å². The van der Waals surface area contributed by atoms with Crippen molar-refractivity contribution in [1.82, 2.24) is 4.90 Å². The van der Waals surface area contributed by atoms with Gasteiger partial charge in [-0.05, 0) is 43.9 Å². The number of anilines is 2. The van der Waals surface area contributed by atoms with Crippen LogP contribution in [0, 0.1) is 5.41 Å². The summed E-state index contributed by atoms with van der Waals surface area (Å²) < 4.78 is 54.4. The number of aliphatic hydroxyl groups excluding tert-OH is 1. The van der Waals surface area contributed by atoms with Crippen LogP contribution in [0.1, 0.15) is 47.5 Å². The Labute approximate surface area is 223 Å². The Hall–Kier alpha value is -2.89. The Balaban J connectivity index is 2.07. The summed E-state index contributed by atoms with van der Waals surface area (Å²) in [4.78, 5) is 27.3. The van der Waals surface area contributed by atoms with Crippen molar-refractivity contribution in [1.29, 1.82) is 0 Å². The highest BCUT2D eigenvalue weighted by molar-refractivity contribution is 7.92. The first-order chi connectivity index (χ1) is 17.6. The molecule has 0 fully saturated rings. The summed E-state index contributed by atoms with van der Waals surface area (Å²) in [5, 5.41) is 14.2. The van der Waals surface area contributed by atoms with Gasteiger partial charge in [-0.3, -0.25) is 18.9 Å². The summed E-state index contributed by atoms with van der Waals surface area (Å²) in [6.45, 7) is 9.74. The average molecular weight is 571 g/mol. The van der Waals surface area contributed by atoms with Gasteiger partial charge in [-0.1, -0.05) is 20.8 Å². The number of benzene rings is 1. The minimum absolute atomic E-state index is 0.0133. The van der Waals surface area contributed by atoms with E-state index in [0.29, 0.717) is 6.42 Å². The lowest BCUT2D eigenvalue weighted by molar-refractivity contribution is -0.144. The van der Waals surface area contributed by atoms with E-state index in [-0.39, 0.29) is 65.4 Å². The second-order valence-electron chi connectivity index (χ2n) is 10.2. The molecule has 2 unspecified atom stereocenters. The zero-order valence-corrected chi connectivity index (χ0v) is 24.1. The number of hydrogen-bond donors (Lipinski definition) is 3. The van der Waals surface area contributed by atoms with Crippen molar-refractivity contribution in [2.24, 2.45) is 10.2 Å². The van der Waals surface area contributed by atoms with Gasteiger partial charge in [0, 0.05) is 12.2 Å². The lowest BCUT2D eigenvalue weighted by Gasteiger charge is -2.28. The van der Waals surface area contributed by atoms with Gasteiger partial charge in [-0.25, -0.2) is 8.42 Å². The summed E-state index contributed by atoms with van der Waals surface area (Å²) in [5.41, 5.74) is 0.0920. The van der Waals surface area contributed by atoms with Gasteiger partial charge in [0.05, 0.1) is 36.9 Å². The molecule has 2 aliphatic heterocycles. The van der Waals surface area contributed by atoms with Gasteiger partial charge in [0.2, 0.25) is 10.0 Å². The third-order valence-corrected chi connectivity index (χ3v) is 8.48. The lowest BCUT2D eigenvalue weighted by atomic mass is 9.92. The van der Waals surface area contributed by atoms with E-state index in [4.69, 9.17) is 9.26 Å². The number of sulfonamides is 1. The molecule has 14 heteroatoms. The zero-order valence-electron chi connectivity index (χ0n) is 22.4. The lowest BCUT2D eigenvalue weighted by Crippen LogP contribution is -2.40. The van der Waals surface area contributed by atoms with Crippen molar-refractivity contribution in [3.05, 3.63) is 29.5 Å². The molecule has 3 rings (SSSR count). The Morgan fingerprint density at radius 3 is 2.53 bits per heavy atom. The van der Waals surface area contributed by atoms with Crippen molar-refractivity contribution in [3.8, 4) is 0 Å². The molecule has 2 aliphatic rings. The van der Waals surface area contributed by atoms with Crippen molar-refractivity contribution in [2.75, 3.05) is 36.1 Å². The summed E-state index contributed by atoms with van der Waals surface area (Å²) in [5.74, 6) is -1.69. The largest absolute Gasteiger partial charge is 0.509 e. The highest BCUT2D eigenvalue weighted by Crippen LogP contribution is 2.52. The third kappa shape index (κ3) is 6.75. The number of fused-ring (bicyclic) bond motifs is 1. The number of amidine groups is 1. The highest BCUT2D eigenvalue weighted by atomic mass is 32.2. The fourth-order valence-corrected chi connectivity index (χ4v) is 6.46. The molecular formula is C24H35N4O8PS. The first-order valence-electron chi connectivity index (χ1n) is 12.2. The van der Waals surface area contributed by atoms with E-state index in [1.54, 1.807) is 13.8 Å². The van der Waals surface area contributed by atoms with E-state index < -0.39 is 35.5 Å².